The van der Waals surface area contributed by atoms with E-state index in [0.29, 0.717) is 11.3 Å². The highest BCUT2D eigenvalue weighted by Crippen LogP contribution is 2.39. The summed E-state index contributed by atoms with van der Waals surface area (Å²) in [5.74, 6) is 0.627. The van der Waals surface area contributed by atoms with Crippen molar-refractivity contribution in [1.82, 2.24) is 10.2 Å². The van der Waals surface area contributed by atoms with Gasteiger partial charge in [0.2, 0.25) is 0 Å². The fourth-order valence-electron chi connectivity index (χ4n) is 5.00. The van der Waals surface area contributed by atoms with Crippen LogP contribution in [0.4, 0.5) is 0 Å². The maximum Gasteiger partial charge on any atom is 0.336 e. The molecule has 2 aliphatic rings. The first-order valence-electron chi connectivity index (χ1n) is 11.1. The third kappa shape index (κ3) is 3.97. The molecule has 162 valence electrons. The van der Waals surface area contributed by atoms with Gasteiger partial charge in [-0.25, -0.2) is 4.79 Å². The standard InChI is InChI=1S/C24H32N2O4/c1-4-5-18-14-21(27)30-22-16(2)20(7-6-19(18)22)29-17(3)23(28)26-13-10-24(15-26)8-11-25-12-9-24/h6-7,14,17,25H,4-5,8-13,15H2,1-3H3. The molecule has 6 nitrogen and oxygen atoms in total. The number of ether oxygens (including phenoxy) is 1. The summed E-state index contributed by atoms with van der Waals surface area (Å²) in [6.45, 7) is 9.48. The van der Waals surface area contributed by atoms with Crippen molar-refractivity contribution in [3.63, 3.8) is 0 Å². The number of carbonyl (C=O) groups excluding carboxylic acids is 1. The predicted octanol–water partition coefficient (Wildman–Crippen LogP) is 3.42. The summed E-state index contributed by atoms with van der Waals surface area (Å²) in [7, 11) is 0. The summed E-state index contributed by atoms with van der Waals surface area (Å²) in [4.78, 5) is 27.0. The number of likely N-dealkylation sites (tertiary alicyclic amines) is 1. The van der Waals surface area contributed by atoms with E-state index in [1.807, 2.05) is 30.9 Å². The van der Waals surface area contributed by atoms with Crippen molar-refractivity contribution in [3.8, 4) is 5.75 Å². The lowest BCUT2D eigenvalue weighted by atomic mass is 9.78. The number of amides is 1. The number of carbonyl (C=O) groups is 1. The van der Waals surface area contributed by atoms with Gasteiger partial charge in [0.05, 0.1) is 0 Å². The Morgan fingerprint density at radius 2 is 2.07 bits per heavy atom. The number of hydrogen-bond acceptors (Lipinski definition) is 5. The van der Waals surface area contributed by atoms with Crippen LogP contribution in [0.25, 0.3) is 11.0 Å². The van der Waals surface area contributed by atoms with E-state index in [2.05, 4.69) is 12.2 Å². The minimum absolute atomic E-state index is 0.0334. The third-order valence-corrected chi connectivity index (χ3v) is 6.78. The molecule has 1 spiro atoms. The van der Waals surface area contributed by atoms with Crippen LogP contribution in [0.2, 0.25) is 0 Å². The van der Waals surface area contributed by atoms with E-state index in [4.69, 9.17) is 9.15 Å². The van der Waals surface area contributed by atoms with E-state index >= 15 is 0 Å². The highest BCUT2D eigenvalue weighted by molar-refractivity contribution is 5.85. The fraction of sp³-hybridized carbons (Fsp3) is 0.583. The molecule has 1 unspecified atom stereocenters. The zero-order valence-corrected chi connectivity index (χ0v) is 18.3. The number of aryl methyl sites for hydroxylation is 2. The number of rotatable bonds is 5. The second-order valence-corrected chi connectivity index (χ2v) is 8.93. The number of piperidine rings is 1. The molecule has 6 heteroatoms. The van der Waals surface area contributed by atoms with Crippen LogP contribution in [0.15, 0.2) is 27.4 Å². The molecule has 2 aromatic rings. The van der Waals surface area contributed by atoms with Crippen LogP contribution in [0.1, 0.15) is 50.7 Å². The van der Waals surface area contributed by atoms with E-state index < -0.39 is 6.10 Å². The lowest BCUT2D eigenvalue weighted by Gasteiger charge is -2.34. The van der Waals surface area contributed by atoms with Gasteiger partial charge in [0, 0.05) is 30.1 Å². The van der Waals surface area contributed by atoms with Gasteiger partial charge >= 0.3 is 5.63 Å². The molecule has 0 aliphatic carbocycles. The normalized spacial score (nSPS) is 19.4. The number of fused-ring (bicyclic) bond motifs is 1. The van der Waals surface area contributed by atoms with Crippen molar-refractivity contribution in [3.05, 3.63) is 39.7 Å². The smallest absolute Gasteiger partial charge is 0.336 e. The SMILES string of the molecule is CCCc1cc(=O)oc2c(C)c(OC(C)C(=O)N3CCC4(CCNCC4)C3)ccc12. The minimum Gasteiger partial charge on any atom is -0.480 e. The van der Waals surface area contributed by atoms with Crippen LogP contribution in [0.3, 0.4) is 0 Å². The Morgan fingerprint density at radius 1 is 1.30 bits per heavy atom. The first-order valence-corrected chi connectivity index (χ1v) is 11.1. The zero-order valence-electron chi connectivity index (χ0n) is 18.3. The van der Waals surface area contributed by atoms with Crippen molar-refractivity contribution in [2.45, 2.75) is 59.0 Å². The Kier molecular flexibility index (Phi) is 5.87. The maximum absolute atomic E-state index is 13.1. The van der Waals surface area contributed by atoms with Crippen molar-refractivity contribution in [2.24, 2.45) is 5.41 Å². The zero-order chi connectivity index (χ0) is 21.3. The summed E-state index contributed by atoms with van der Waals surface area (Å²) in [6, 6.07) is 5.39. The molecule has 1 N–H and O–H groups in total. The number of benzene rings is 1. The van der Waals surface area contributed by atoms with Gasteiger partial charge in [-0.05, 0) is 75.7 Å². The number of hydrogen-bond donors (Lipinski definition) is 1. The molecule has 1 amide bonds. The molecule has 30 heavy (non-hydrogen) atoms. The molecule has 0 bridgehead atoms. The number of nitrogens with one attached hydrogen (secondary N) is 1. The van der Waals surface area contributed by atoms with Crippen LogP contribution in [0.5, 0.6) is 5.75 Å². The largest absolute Gasteiger partial charge is 0.480 e. The fourth-order valence-corrected chi connectivity index (χ4v) is 5.00. The Morgan fingerprint density at radius 3 is 2.80 bits per heavy atom. The summed E-state index contributed by atoms with van der Waals surface area (Å²) >= 11 is 0. The Balaban J connectivity index is 1.51. The molecule has 2 aliphatic heterocycles. The van der Waals surface area contributed by atoms with Crippen LogP contribution in [0, 0.1) is 12.3 Å². The van der Waals surface area contributed by atoms with Gasteiger partial charge in [0.15, 0.2) is 6.10 Å². The molecule has 0 radical (unpaired) electrons. The van der Waals surface area contributed by atoms with Gasteiger partial charge in [0.25, 0.3) is 5.91 Å². The maximum atomic E-state index is 13.1. The van der Waals surface area contributed by atoms with Crippen molar-refractivity contribution >= 4 is 16.9 Å². The monoisotopic (exact) mass is 412 g/mol. The lowest BCUT2D eigenvalue weighted by molar-refractivity contribution is -0.137. The van der Waals surface area contributed by atoms with Gasteiger partial charge in [-0.15, -0.1) is 0 Å². The van der Waals surface area contributed by atoms with Crippen LogP contribution in [-0.2, 0) is 11.2 Å². The second kappa shape index (κ2) is 8.42. The van der Waals surface area contributed by atoms with Gasteiger partial charge in [-0.3, -0.25) is 4.79 Å². The molecule has 1 atom stereocenters. The second-order valence-electron chi connectivity index (χ2n) is 8.93. The molecule has 4 rings (SSSR count). The van der Waals surface area contributed by atoms with Crippen molar-refractivity contribution in [2.75, 3.05) is 26.2 Å². The summed E-state index contributed by atoms with van der Waals surface area (Å²) in [5.41, 5.74) is 2.24. The van der Waals surface area contributed by atoms with Crippen molar-refractivity contribution < 1.29 is 13.9 Å². The van der Waals surface area contributed by atoms with E-state index in [-0.39, 0.29) is 16.9 Å². The quantitative estimate of drug-likeness (QED) is 0.762. The third-order valence-electron chi connectivity index (χ3n) is 6.78. The summed E-state index contributed by atoms with van der Waals surface area (Å²) < 4.78 is 11.6. The first kappa shape index (κ1) is 20.9. The topological polar surface area (TPSA) is 71.8 Å². The van der Waals surface area contributed by atoms with Crippen molar-refractivity contribution in [1.29, 1.82) is 0 Å². The van der Waals surface area contributed by atoms with Gasteiger partial charge in [-0.1, -0.05) is 13.3 Å². The van der Waals surface area contributed by atoms with E-state index in [1.165, 1.54) is 0 Å². The molecular weight excluding hydrogens is 380 g/mol. The van der Waals surface area contributed by atoms with E-state index in [1.54, 1.807) is 6.07 Å². The highest BCUT2D eigenvalue weighted by Gasteiger charge is 2.41. The Bertz CT molecular complexity index is 991. The van der Waals surface area contributed by atoms with Crippen LogP contribution < -0.4 is 15.7 Å². The summed E-state index contributed by atoms with van der Waals surface area (Å²) in [5, 5.41) is 4.35. The predicted molar refractivity (Wildman–Crippen MR) is 117 cm³/mol. The van der Waals surface area contributed by atoms with Gasteiger partial charge < -0.3 is 19.4 Å². The van der Waals surface area contributed by atoms with Crippen LogP contribution >= 0.6 is 0 Å². The average Bonchev–Trinajstić information content (AvgIpc) is 3.13. The molecule has 2 saturated heterocycles. The minimum atomic E-state index is -0.580. The molecule has 1 aromatic carbocycles. The van der Waals surface area contributed by atoms with Gasteiger partial charge in [0.1, 0.15) is 11.3 Å². The molecule has 2 fully saturated rings. The van der Waals surface area contributed by atoms with Gasteiger partial charge in [-0.2, -0.15) is 0 Å². The highest BCUT2D eigenvalue weighted by atomic mass is 16.5. The molecule has 1 aromatic heterocycles. The Hall–Kier alpha value is -2.34. The lowest BCUT2D eigenvalue weighted by Crippen LogP contribution is -2.43. The Labute approximate surface area is 177 Å². The first-order chi connectivity index (χ1) is 14.4. The molecule has 0 saturated carbocycles. The molecular formula is C24H32N2O4. The van der Waals surface area contributed by atoms with E-state index in [0.717, 1.165) is 74.8 Å². The summed E-state index contributed by atoms with van der Waals surface area (Å²) in [6.07, 6.45) is 4.54. The van der Waals surface area contributed by atoms with E-state index in [9.17, 15) is 9.59 Å². The average molecular weight is 413 g/mol. The molecule has 3 heterocycles. The van der Waals surface area contributed by atoms with Crippen LogP contribution in [-0.4, -0.2) is 43.1 Å². The number of nitrogens with zero attached hydrogens (tertiary/aromatic N) is 1.